The molecule has 76 valence electrons. The van der Waals surface area contributed by atoms with Crippen molar-refractivity contribution < 1.29 is 13.6 Å². The van der Waals surface area contributed by atoms with E-state index < -0.39 is 17.6 Å². The Labute approximate surface area is 93.2 Å². The van der Waals surface area contributed by atoms with E-state index in [4.69, 9.17) is 11.6 Å². The molecule has 0 aliphatic rings. The Hall–Kier alpha value is -0.480. The van der Waals surface area contributed by atoms with Gasteiger partial charge in [0.05, 0.1) is 5.88 Å². The first-order chi connectivity index (χ1) is 6.48. The summed E-state index contributed by atoms with van der Waals surface area (Å²) >= 11 is 8.13. The highest BCUT2D eigenvalue weighted by atomic mass is 79.9. The van der Waals surface area contributed by atoms with Crippen molar-refractivity contribution in [3.63, 3.8) is 0 Å². The van der Waals surface area contributed by atoms with Gasteiger partial charge in [-0.3, -0.25) is 4.79 Å². The molecule has 0 saturated carbocycles. The van der Waals surface area contributed by atoms with Gasteiger partial charge in [-0.25, -0.2) is 0 Å². The molecule has 0 saturated heterocycles. The summed E-state index contributed by atoms with van der Waals surface area (Å²) in [5.41, 5.74) is -0.350. The lowest BCUT2D eigenvalue weighted by molar-refractivity contribution is -0.141. The number of carbonyl (C=O) groups excluding carboxylic acids is 1. The van der Waals surface area contributed by atoms with Crippen molar-refractivity contribution in [1.29, 1.82) is 0 Å². The zero-order valence-corrected chi connectivity index (χ0v) is 9.28. The Morgan fingerprint density at radius 3 is 2.64 bits per heavy atom. The highest BCUT2D eigenvalue weighted by Crippen LogP contribution is 2.30. The maximum atomic E-state index is 13.3. The molecule has 0 spiro atoms. The van der Waals surface area contributed by atoms with Gasteiger partial charge in [-0.05, 0) is 12.1 Å². The number of hydrogen-bond acceptors (Lipinski definition) is 1. The molecule has 1 nitrogen and oxygen atoms in total. The Balaban J connectivity index is 3.09. The lowest BCUT2D eigenvalue weighted by Gasteiger charge is -2.13. The lowest BCUT2D eigenvalue weighted by Crippen LogP contribution is -2.27. The average Bonchev–Trinajstić information content (AvgIpc) is 2.16. The van der Waals surface area contributed by atoms with E-state index in [0.29, 0.717) is 4.47 Å². The molecule has 14 heavy (non-hydrogen) atoms. The molecule has 0 heterocycles. The number of ketones is 1. The van der Waals surface area contributed by atoms with Crippen LogP contribution in [0.25, 0.3) is 0 Å². The van der Waals surface area contributed by atoms with Crippen LogP contribution in [0.4, 0.5) is 8.78 Å². The minimum atomic E-state index is -3.51. The smallest absolute Gasteiger partial charge is 0.291 e. The van der Waals surface area contributed by atoms with E-state index >= 15 is 0 Å². The molecule has 0 aliphatic heterocycles. The van der Waals surface area contributed by atoms with Gasteiger partial charge in [-0.2, -0.15) is 8.78 Å². The minimum absolute atomic E-state index is 0.350. The van der Waals surface area contributed by atoms with Crippen molar-refractivity contribution in [1.82, 2.24) is 0 Å². The number of benzene rings is 1. The van der Waals surface area contributed by atoms with Gasteiger partial charge in [0, 0.05) is 10.0 Å². The quantitative estimate of drug-likeness (QED) is 0.778. The van der Waals surface area contributed by atoms with Gasteiger partial charge in [0.1, 0.15) is 0 Å². The lowest BCUT2D eigenvalue weighted by atomic mass is 10.1. The number of Topliss-reactive ketones (excluding diaryl/α,β-unsaturated/α-hetero) is 1. The number of hydrogen-bond donors (Lipinski definition) is 0. The summed E-state index contributed by atoms with van der Waals surface area (Å²) in [6, 6.07) is 5.43. The maximum absolute atomic E-state index is 13.3. The van der Waals surface area contributed by atoms with Crippen LogP contribution in [0.1, 0.15) is 5.56 Å². The Morgan fingerprint density at radius 2 is 2.14 bits per heavy atom. The minimum Gasteiger partial charge on any atom is -0.291 e. The first kappa shape index (κ1) is 11.6. The zero-order valence-electron chi connectivity index (χ0n) is 6.94. The molecule has 0 unspecified atom stereocenters. The summed E-state index contributed by atoms with van der Waals surface area (Å²) in [6.07, 6.45) is 0. The predicted octanol–water partition coefficient (Wildman–Crippen LogP) is 3.35. The summed E-state index contributed by atoms with van der Waals surface area (Å²) in [5.74, 6) is -5.50. The first-order valence-electron chi connectivity index (χ1n) is 3.71. The van der Waals surface area contributed by atoms with E-state index in [0.717, 1.165) is 0 Å². The number of halogens is 4. The highest BCUT2D eigenvalue weighted by molar-refractivity contribution is 9.10. The largest absolute Gasteiger partial charge is 0.331 e. The second-order valence-electron chi connectivity index (χ2n) is 2.64. The summed E-state index contributed by atoms with van der Waals surface area (Å²) < 4.78 is 27.0. The fraction of sp³-hybridized carbons (Fsp3) is 0.222. The summed E-state index contributed by atoms with van der Waals surface area (Å²) in [4.78, 5) is 10.8. The maximum Gasteiger partial charge on any atom is 0.331 e. The SMILES string of the molecule is O=C(CCl)C(F)(F)c1cccc(Br)c1. The molecule has 0 atom stereocenters. The number of rotatable bonds is 3. The summed E-state index contributed by atoms with van der Waals surface area (Å²) in [7, 11) is 0. The monoisotopic (exact) mass is 282 g/mol. The van der Waals surface area contributed by atoms with Gasteiger partial charge in [-0.15, -0.1) is 11.6 Å². The number of alkyl halides is 3. The number of carbonyl (C=O) groups is 1. The van der Waals surface area contributed by atoms with Gasteiger partial charge in [-0.1, -0.05) is 28.1 Å². The molecule has 0 bridgehead atoms. The van der Waals surface area contributed by atoms with E-state index in [1.54, 1.807) is 6.07 Å². The van der Waals surface area contributed by atoms with Crippen molar-refractivity contribution in [3.8, 4) is 0 Å². The summed E-state index contributed by atoms with van der Waals surface area (Å²) in [6.45, 7) is 0. The summed E-state index contributed by atoms with van der Waals surface area (Å²) in [5, 5.41) is 0. The van der Waals surface area contributed by atoms with Crippen LogP contribution in [0.3, 0.4) is 0 Å². The zero-order chi connectivity index (χ0) is 10.8. The molecule has 0 fully saturated rings. The van der Waals surface area contributed by atoms with Gasteiger partial charge < -0.3 is 0 Å². The van der Waals surface area contributed by atoms with Crippen LogP contribution in [-0.2, 0) is 10.7 Å². The molecular weight excluding hydrogens is 277 g/mol. The molecule has 0 aromatic heterocycles. The van der Waals surface area contributed by atoms with Crippen LogP contribution >= 0.6 is 27.5 Å². The normalized spacial score (nSPS) is 11.4. The van der Waals surface area contributed by atoms with E-state index in [1.165, 1.54) is 18.2 Å². The van der Waals surface area contributed by atoms with Crippen LogP contribution in [0.5, 0.6) is 0 Å². The third-order valence-corrected chi connectivity index (χ3v) is 2.39. The third kappa shape index (κ3) is 2.30. The molecule has 0 amide bonds. The van der Waals surface area contributed by atoms with Crippen LogP contribution in [-0.4, -0.2) is 11.7 Å². The first-order valence-corrected chi connectivity index (χ1v) is 5.04. The van der Waals surface area contributed by atoms with E-state index in [1.807, 2.05) is 0 Å². The van der Waals surface area contributed by atoms with E-state index in [2.05, 4.69) is 15.9 Å². The molecule has 0 N–H and O–H groups in total. The van der Waals surface area contributed by atoms with E-state index in [-0.39, 0.29) is 5.56 Å². The highest BCUT2D eigenvalue weighted by Gasteiger charge is 2.39. The Morgan fingerprint density at radius 1 is 1.50 bits per heavy atom. The molecule has 1 rings (SSSR count). The molecule has 1 aromatic rings. The standard InChI is InChI=1S/C9H6BrClF2O/c10-7-3-1-2-6(4-7)9(12,13)8(14)5-11/h1-4H,5H2. The van der Waals surface area contributed by atoms with Crippen LogP contribution in [0.15, 0.2) is 28.7 Å². The average molecular weight is 283 g/mol. The van der Waals surface area contributed by atoms with Crippen molar-refractivity contribution in [2.45, 2.75) is 5.92 Å². The second-order valence-corrected chi connectivity index (χ2v) is 3.82. The van der Waals surface area contributed by atoms with Crippen molar-refractivity contribution in [2.24, 2.45) is 0 Å². The molecular formula is C9H6BrClF2O. The second kappa shape index (κ2) is 4.36. The Bertz CT molecular complexity index is 354. The van der Waals surface area contributed by atoms with E-state index in [9.17, 15) is 13.6 Å². The van der Waals surface area contributed by atoms with Gasteiger partial charge in [0.2, 0.25) is 5.78 Å². The van der Waals surface area contributed by atoms with Crippen LogP contribution in [0, 0.1) is 0 Å². The molecule has 5 heteroatoms. The van der Waals surface area contributed by atoms with Crippen LogP contribution < -0.4 is 0 Å². The van der Waals surface area contributed by atoms with Gasteiger partial charge in [0.15, 0.2) is 0 Å². The van der Waals surface area contributed by atoms with Gasteiger partial charge in [0.25, 0.3) is 0 Å². The van der Waals surface area contributed by atoms with Crippen molar-refractivity contribution >= 4 is 33.3 Å². The third-order valence-electron chi connectivity index (χ3n) is 1.66. The molecule has 0 radical (unpaired) electrons. The fourth-order valence-electron chi connectivity index (χ4n) is 0.929. The molecule has 0 aliphatic carbocycles. The predicted molar refractivity (Wildman–Crippen MR) is 53.8 cm³/mol. The molecule has 1 aromatic carbocycles. The topological polar surface area (TPSA) is 17.1 Å². The fourth-order valence-corrected chi connectivity index (χ4v) is 1.50. The van der Waals surface area contributed by atoms with Crippen molar-refractivity contribution in [3.05, 3.63) is 34.3 Å². The van der Waals surface area contributed by atoms with Gasteiger partial charge >= 0.3 is 5.92 Å². The van der Waals surface area contributed by atoms with Crippen molar-refractivity contribution in [2.75, 3.05) is 5.88 Å². The van der Waals surface area contributed by atoms with Crippen LogP contribution in [0.2, 0.25) is 0 Å². The Kier molecular flexibility index (Phi) is 3.61.